The molecular formula is C12H10N2O2. The van der Waals surface area contributed by atoms with Crippen molar-refractivity contribution in [3.8, 4) is 11.6 Å². The van der Waals surface area contributed by atoms with Crippen LogP contribution in [0.25, 0.3) is 0 Å². The van der Waals surface area contributed by atoms with Crippen molar-refractivity contribution in [1.82, 2.24) is 4.98 Å². The van der Waals surface area contributed by atoms with E-state index in [0.29, 0.717) is 11.6 Å². The zero-order chi connectivity index (χ0) is 11.2. The van der Waals surface area contributed by atoms with Crippen molar-refractivity contribution < 1.29 is 9.94 Å². The van der Waals surface area contributed by atoms with Crippen molar-refractivity contribution in [2.45, 2.75) is 0 Å². The van der Waals surface area contributed by atoms with E-state index in [1.165, 1.54) is 6.21 Å². The van der Waals surface area contributed by atoms with Gasteiger partial charge in [-0.05, 0) is 35.9 Å². The summed E-state index contributed by atoms with van der Waals surface area (Å²) in [5.74, 6) is 1.24. The zero-order valence-electron chi connectivity index (χ0n) is 8.45. The van der Waals surface area contributed by atoms with Gasteiger partial charge in [0.2, 0.25) is 5.88 Å². The lowest BCUT2D eigenvalue weighted by Crippen LogP contribution is -1.87. The van der Waals surface area contributed by atoms with E-state index in [9.17, 15) is 0 Å². The van der Waals surface area contributed by atoms with Gasteiger partial charge in [-0.3, -0.25) is 0 Å². The Morgan fingerprint density at radius 3 is 2.56 bits per heavy atom. The summed E-state index contributed by atoms with van der Waals surface area (Å²) in [5.41, 5.74) is 0.802. The first-order chi connectivity index (χ1) is 7.88. The van der Waals surface area contributed by atoms with Crippen molar-refractivity contribution >= 4 is 6.21 Å². The summed E-state index contributed by atoms with van der Waals surface area (Å²) in [7, 11) is 0. The first kappa shape index (κ1) is 10.2. The van der Waals surface area contributed by atoms with Crippen LogP contribution in [0.3, 0.4) is 0 Å². The van der Waals surface area contributed by atoms with E-state index in [4.69, 9.17) is 9.94 Å². The first-order valence-electron chi connectivity index (χ1n) is 4.75. The maximum atomic E-state index is 8.35. The molecule has 1 aromatic heterocycles. The lowest BCUT2D eigenvalue weighted by atomic mass is 10.2. The molecule has 80 valence electrons. The molecule has 0 atom stereocenters. The van der Waals surface area contributed by atoms with Crippen LogP contribution in [0.4, 0.5) is 0 Å². The quantitative estimate of drug-likeness (QED) is 0.485. The fourth-order valence-corrected chi connectivity index (χ4v) is 1.22. The number of nitrogens with zero attached hydrogens (tertiary/aromatic N) is 2. The average molecular weight is 214 g/mol. The minimum Gasteiger partial charge on any atom is -0.439 e. The summed E-state index contributed by atoms with van der Waals surface area (Å²) < 4.78 is 5.49. The van der Waals surface area contributed by atoms with Crippen LogP contribution in [0.1, 0.15) is 5.56 Å². The maximum absolute atomic E-state index is 8.35. The Balaban J connectivity index is 2.11. The van der Waals surface area contributed by atoms with Gasteiger partial charge in [0.15, 0.2) is 0 Å². The average Bonchev–Trinajstić information content (AvgIpc) is 2.33. The zero-order valence-corrected chi connectivity index (χ0v) is 8.45. The normalized spacial score (nSPS) is 10.5. The number of aromatic nitrogens is 1. The van der Waals surface area contributed by atoms with Gasteiger partial charge in [0.25, 0.3) is 0 Å². The minimum atomic E-state index is 0.547. The van der Waals surface area contributed by atoms with Gasteiger partial charge in [-0.2, -0.15) is 0 Å². The molecule has 0 aliphatic carbocycles. The van der Waals surface area contributed by atoms with Gasteiger partial charge in [-0.25, -0.2) is 4.98 Å². The van der Waals surface area contributed by atoms with Crippen molar-refractivity contribution in [2.75, 3.05) is 0 Å². The Hall–Kier alpha value is -2.36. The monoisotopic (exact) mass is 214 g/mol. The summed E-state index contributed by atoms with van der Waals surface area (Å²) in [6.45, 7) is 0. The van der Waals surface area contributed by atoms with Crippen LogP contribution in [0, 0.1) is 0 Å². The summed E-state index contributed by atoms with van der Waals surface area (Å²) >= 11 is 0. The van der Waals surface area contributed by atoms with Crippen molar-refractivity contribution in [1.29, 1.82) is 0 Å². The van der Waals surface area contributed by atoms with E-state index < -0.39 is 0 Å². The fraction of sp³-hybridized carbons (Fsp3) is 0. The Labute approximate surface area is 92.8 Å². The van der Waals surface area contributed by atoms with Crippen LogP contribution >= 0.6 is 0 Å². The van der Waals surface area contributed by atoms with Crippen molar-refractivity contribution in [3.63, 3.8) is 0 Å². The number of pyridine rings is 1. The summed E-state index contributed by atoms with van der Waals surface area (Å²) in [6.07, 6.45) is 3.02. The fourth-order valence-electron chi connectivity index (χ4n) is 1.22. The molecule has 0 saturated heterocycles. The third kappa shape index (κ3) is 2.57. The molecule has 2 aromatic rings. The summed E-state index contributed by atoms with van der Waals surface area (Å²) in [5, 5.41) is 11.3. The molecule has 1 heterocycles. The molecule has 0 aliphatic heterocycles. The summed E-state index contributed by atoms with van der Waals surface area (Å²) in [4.78, 5) is 4.04. The molecule has 0 spiro atoms. The molecule has 0 saturated carbocycles. The van der Waals surface area contributed by atoms with Crippen molar-refractivity contribution in [2.24, 2.45) is 5.16 Å². The van der Waals surface area contributed by atoms with E-state index >= 15 is 0 Å². The highest BCUT2D eigenvalue weighted by atomic mass is 16.5. The highest BCUT2D eigenvalue weighted by Gasteiger charge is 1.96. The topological polar surface area (TPSA) is 54.7 Å². The number of hydrogen-bond acceptors (Lipinski definition) is 4. The van der Waals surface area contributed by atoms with E-state index in [2.05, 4.69) is 10.1 Å². The highest BCUT2D eigenvalue weighted by molar-refractivity contribution is 5.79. The lowest BCUT2D eigenvalue weighted by Gasteiger charge is -2.03. The molecule has 0 radical (unpaired) electrons. The van der Waals surface area contributed by atoms with Crippen molar-refractivity contribution in [3.05, 3.63) is 54.2 Å². The first-order valence-corrected chi connectivity index (χ1v) is 4.75. The molecular weight excluding hydrogens is 204 g/mol. The van der Waals surface area contributed by atoms with Crippen LogP contribution in [0.2, 0.25) is 0 Å². The number of oxime groups is 1. The maximum Gasteiger partial charge on any atom is 0.219 e. The molecule has 1 N–H and O–H groups in total. The van der Waals surface area contributed by atoms with E-state index in [-0.39, 0.29) is 0 Å². The largest absolute Gasteiger partial charge is 0.439 e. The molecule has 0 unspecified atom stereocenters. The SMILES string of the molecule is O/N=C/c1ccc(Oc2ccccn2)cc1. The predicted octanol–water partition coefficient (Wildman–Crippen LogP) is 2.68. The van der Waals surface area contributed by atoms with Crippen LogP contribution in [0.15, 0.2) is 53.8 Å². The molecule has 0 aliphatic rings. The summed E-state index contributed by atoms with van der Waals surface area (Å²) in [6, 6.07) is 12.6. The van der Waals surface area contributed by atoms with Gasteiger partial charge in [0.1, 0.15) is 5.75 Å². The third-order valence-electron chi connectivity index (χ3n) is 1.95. The number of benzene rings is 1. The second kappa shape index (κ2) is 4.93. The Morgan fingerprint density at radius 1 is 1.12 bits per heavy atom. The van der Waals surface area contributed by atoms with Gasteiger partial charge in [0, 0.05) is 12.3 Å². The van der Waals surface area contributed by atoms with Crippen LogP contribution < -0.4 is 4.74 Å². The number of rotatable bonds is 3. The molecule has 0 amide bonds. The Kier molecular flexibility index (Phi) is 3.13. The predicted molar refractivity (Wildman–Crippen MR) is 60.1 cm³/mol. The van der Waals surface area contributed by atoms with E-state index in [1.54, 1.807) is 36.5 Å². The van der Waals surface area contributed by atoms with Gasteiger partial charge in [-0.15, -0.1) is 0 Å². The molecule has 4 heteroatoms. The second-order valence-corrected chi connectivity index (χ2v) is 3.08. The molecule has 2 rings (SSSR count). The Bertz CT molecular complexity index is 466. The molecule has 0 fully saturated rings. The van der Waals surface area contributed by atoms with E-state index in [1.807, 2.05) is 12.1 Å². The van der Waals surface area contributed by atoms with Gasteiger partial charge in [-0.1, -0.05) is 11.2 Å². The lowest BCUT2D eigenvalue weighted by molar-refractivity contribution is 0.322. The molecule has 4 nitrogen and oxygen atoms in total. The molecule has 16 heavy (non-hydrogen) atoms. The van der Waals surface area contributed by atoms with Crippen LogP contribution in [-0.4, -0.2) is 16.4 Å². The standard InChI is InChI=1S/C12H10N2O2/c15-14-9-10-4-6-11(7-5-10)16-12-3-1-2-8-13-12/h1-9,15H/b14-9+. The molecule has 0 bridgehead atoms. The van der Waals surface area contributed by atoms with Crippen LogP contribution in [-0.2, 0) is 0 Å². The molecule has 1 aromatic carbocycles. The highest BCUT2D eigenvalue weighted by Crippen LogP contribution is 2.18. The van der Waals surface area contributed by atoms with Gasteiger partial charge >= 0.3 is 0 Å². The van der Waals surface area contributed by atoms with E-state index in [0.717, 1.165) is 5.56 Å². The number of ether oxygens (including phenoxy) is 1. The van der Waals surface area contributed by atoms with Gasteiger partial charge in [0.05, 0.1) is 6.21 Å². The third-order valence-corrected chi connectivity index (χ3v) is 1.95. The minimum absolute atomic E-state index is 0.547. The number of hydrogen-bond donors (Lipinski definition) is 1. The van der Waals surface area contributed by atoms with Gasteiger partial charge < -0.3 is 9.94 Å². The Morgan fingerprint density at radius 2 is 1.94 bits per heavy atom. The van der Waals surface area contributed by atoms with Crippen LogP contribution in [0.5, 0.6) is 11.6 Å². The second-order valence-electron chi connectivity index (χ2n) is 3.08. The smallest absolute Gasteiger partial charge is 0.219 e.